The van der Waals surface area contributed by atoms with Crippen LogP contribution in [0.25, 0.3) is 0 Å². The molecule has 1 aromatic rings. The average Bonchev–Trinajstić information content (AvgIpc) is 2.73. The first-order valence-electron chi connectivity index (χ1n) is 7.33. The van der Waals surface area contributed by atoms with E-state index < -0.39 is 0 Å². The average molecular weight is 264 g/mol. The molecular formula is C16H25FN2. The van der Waals surface area contributed by atoms with E-state index in [2.05, 4.69) is 18.7 Å². The third kappa shape index (κ3) is 2.82. The van der Waals surface area contributed by atoms with Crippen LogP contribution >= 0.6 is 0 Å². The molecule has 1 fully saturated rings. The highest BCUT2D eigenvalue weighted by Crippen LogP contribution is 2.37. The zero-order valence-corrected chi connectivity index (χ0v) is 12.1. The van der Waals surface area contributed by atoms with E-state index in [4.69, 9.17) is 5.73 Å². The lowest BCUT2D eigenvalue weighted by atomic mass is 9.96. The summed E-state index contributed by atoms with van der Waals surface area (Å²) in [6.07, 6.45) is 3.47. The summed E-state index contributed by atoms with van der Waals surface area (Å²) in [7, 11) is 0. The number of rotatable bonds is 4. The predicted molar refractivity (Wildman–Crippen MR) is 77.4 cm³/mol. The molecule has 2 rings (SSSR count). The minimum Gasteiger partial charge on any atom is -0.326 e. The Morgan fingerprint density at radius 1 is 1.37 bits per heavy atom. The fraction of sp³-hybridized carbons (Fsp3) is 0.625. The Kier molecular flexibility index (Phi) is 4.58. The van der Waals surface area contributed by atoms with Crippen LogP contribution in [0.15, 0.2) is 24.3 Å². The summed E-state index contributed by atoms with van der Waals surface area (Å²) in [4.78, 5) is 2.43. The van der Waals surface area contributed by atoms with Gasteiger partial charge in [0.1, 0.15) is 5.82 Å². The standard InChI is InChI=1S/C16H25FN2/c1-4-13-10-9-11(2)19(13)16(12(3)18)14-7-5-6-8-15(14)17/h5-8,11-13,16H,4,9-10,18H2,1-3H3. The first kappa shape index (κ1) is 14.5. The number of nitrogens with zero attached hydrogens (tertiary/aromatic N) is 1. The van der Waals surface area contributed by atoms with Gasteiger partial charge in [0.25, 0.3) is 0 Å². The van der Waals surface area contributed by atoms with E-state index in [1.807, 2.05) is 19.1 Å². The molecule has 1 aliphatic rings. The molecule has 106 valence electrons. The first-order chi connectivity index (χ1) is 9.06. The van der Waals surface area contributed by atoms with Gasteiger partial charge in [0.05, 0.1) is 6.04 Å². The number of halogens is 1. The molecule has 4 atom stereocenters. The lowest BCUT2D eigenvalue weighted by Gasteiger charge is -2.38. The van der Waals surface area contributed by atoms with Gasteiger partial charge in [-0.05, 0) is 39.2 Å². The Morgan fingerprint density at radius 3 is 2.63 bits per heavy atom. The second kappa shape index (κ2) is 6.02. The zero-order chi connectivity index (χ0) is 14.0. The number of hydrogen-bond donors (Lipinski definition) is 1. The number of benzene rings is 1. The van der Waals surface area contributed by atoms with Crippen molar-refractivity contribution in [2.45, 2.75) is 64.2 Å². The fourth-order valence-corrected chi connectivity index (χ4v) is 3.44. The van der Waals surface area contributed by atoms with Gasteiger partial charge in [-0.15, -0.1) is 0 Å². The lowest BCUT2D eigenvalue weighted by molar-refractivity contribution is 0.114. The van der Waals surface area contributed by atoms with Crippen molar-refractivity contribution in [3.8, 4) is 0 Å². The van der Waals surface area contributed by atoms with Crippen molar-refractivity contribution in [2.75, 3.05) is 0 Å². The molecule has 1 aromatic carbocycles. The van der Waals surface area contributed by atoms with Gasteiger partial charge in [0, 0.05) is 23.7 Å². The molecule has 0 aromatic heterocycles. The molecule has 3 heteroatoms. The highest BCUT2D eigenvalue weighted by atomic mass is 19.1. The van der Waals surface area contributed by atoms with Crippen molar-refractivity contribution in [2.24, 2.45) is 5.73 Å². The van der Waals surface area contributed by atoms with Gasteiger partial charge in [-0.1, -0.05) is 25.1 Å². The third-order valence-corrected chi connectivity index (χ3v) is 4.36. The van der Waals surface area contributed by atoms with E-state index in [0.29, 0.717) is 12.1 Å². The second-order valence-electron chi connectivity index (χ2n) is 5.76. The summed E-state index contributed by atoms with van der Waals surface area (Å²) in [5.74, 6) is -0.140. The van der Waals surface area contributed by atoms with Crippen molar-refractivity contribution in [1.29, 1.82) is 0 Å². The van der Waals surface area contributed by atoms with Gasteiger partial charge in [-0.2, -0.15) is 0 Å². The molecule has 0 bridgehead atoms. The van der Waals surface area contributed by atoms with Crippen LogP contribution in [0.5, 0.6) is 0 Å². The SMILES string of the molecule is CCC1CCC(C)N1C(c1ccccc1F)C(C)N. The Balaban J connectivity index is 2.38. The monoisotopic (exact) mass is 264 g/mol. The Labute approximate surface area is 115 Å². The largest absolute Gasteiger partial charge is 0.326 e. The van der Waals surface area contributed by atoms with Crippen molar-refractivity contribution in [1.82, 2.24) is 4.90 Å². The van der Waals surface area contributed by atoms with E-state index in [1.165, 1.54) is 18.9 Å². The minimum atomic E-state index is -0.140. The molecule has 2 N–H and O–H groups in total. The van der Waals surface area contributed by atoms with E-state index >= 15 is 0 Å². The first-order valence-corrected chi connectivity index (χ1v) is 7.33. The maximum absolute atomic E-state index is 14.1. The second-order valence-corrected chi connectivity index (χ2v) is 5.76. The van der Waals surface area contributed by atoms with Crippen molar-refractivity contribution in [3.05, 3.63) is 35.6 Å². The summed E-state index contributed by atoms with van der Waals surface area (Å²) in [5, 5.41) is 0. The van der Waals surface area contributed by atoms with Crippen LogP contribution in [0.2, 0.25) is 0 Å². The molecule has 1 aliphatic heterocycles. The number of likely N-dealkylation sites (tertiary alicyclic amines) is 1. The van der Waals surface area contributed by atoms with Gasteiger partial charge < -0.3 is 5.73 Å². The van der Waals surface area contributed by atoms with Gasteiger partial charge in [-0.3, -0.25) is 4.90 Å². The van der Waals surface area contributed by atoms with Gasteiger partial charge in [0.2, 0.25) is 0 Å². The van der Waals surface area contributed by atoms with Crippen LogP contribution in [0, 0.1) is 5.82 Å². The van der Waals surface area contributed by atoms with Gasteiger partial charge >= 0.3 is 0 Å². The molecule has 1 heterocycles. The molecule has 19 heavy (non-hydrogen) atoms. The fourth-order valence-electron chi connectivity index (χ4n) is 3.44. The van der Waals surface area contributed by atoms with E-state index in [-0.39, 0.29) is 17.9 Å². The quantitative estimate of drug-likeness (QED) is 0.902. The number of nitrogens with two attached hydrogens (primary N) is 1. The molecule has 0 radical (unpaired) electrons. The molecular weight excluding hydrogens is 239 g/mol. The van der Waals surface area contributed by atoms with Crippen molar-refractivity contribution < 1.29 is 4.39 Å². The third-order valence-electron chi connectivity index (χ3n) is 4.36. The molecule has 0 amide bonds. The highest BCUT2D eigenvalue weighted by Gasteiger charge is 2.37. The number of hydrogen-bond acceptors (Lipinski definition) is 2. The summed E-state index contributed by atoms with van der Waals surface area (Å²) in [5.41, 5.74) is 6.93. The van der Waals surface area contributed by atoms with Crippen LogP contribution in [-0.4, -0.2) is 23.0 Å². The molecule has 4 unspecified atom stereocenters. The van der Waals surface area contributed by atoms with E-state index in [1.54, 1.807) is 6.07 Å². The van der Waals surface area contributed by atoms with Crippen molar-refractivity contribution in [3.63, 3.8) is 0 Å². The van der Waals surface area contributed by atoms with Crippen LogP contribution in [-0.2, 0) is 0 Å². The Hall–Kier alpha value is -0.930. The molecule has 1 saturated heterocycles. The van der Waals surface area contributed by atoms with Gasteiger partial charge in [-0.25, -0.2) is 4.39 Å². The van der Waals surface area contributed by atoms with Gasteiger partial charge in [0.15, 0.2) is 0 Å². The van der Waals surface area contributed by atoms with Crippen molar-refractivity contribution >= 4 is 0 Å². The Bertz CT molecular complexity index is 419. The molecule has 0 saturated carbocycles. The topological polar surface area (TPSA) is 29.3 Å². The maximum atomic E-state index is 14.1. The highest BCUT2D eigenvalue weighted by molar-refractivity contribution is 5.23. The molecule has 2 nitrogen and oxygen atoms in total. The predicted octanol–water partition coefficient (Wildman–Crippen LogP) is 3.48. The minimum absolute atomic E-state index is 0.0244. The van der Waals surface area contributed by atoms with Crippen LogP contribution < -0.4 is 5.73 Å². The summed E-state index contributed by atoms with van der Waals surface area (Å²) in [6, 6.07) is 7.94. The molecule has 0 spiro atoms. The zero-order valence-electron chi connectivity index (χ0n) is 12.1. The van der Waals surface area contributed by atoms with E-state index in [0.717, 1.165) is 12.0 Å². The lowest BCUT2D eigenvalue weighted by Crippen LogP contribution is -2.45. The molecule has 0 aliphatic carbocycles. The normalized spacial score (nSPS) is 27.4. The summed E-state index contributed by atoms with van der Waals surface area (Å²) >= 11 is 0. The van der Waals surface area contributed by atoms with Crippen LogP contribution in [0.4, 0.5) is 4.39 Å². The van der Waals surface area contributed by atoms with E-state index in [9.17, 15) is 4.39 Å². The maximum Gasteiger partial charge on any atom is 0.128 e. The van der Waals surface area contributed by atoms with Crippen LogP contribution in [0.3, 0.4) is 0 Å². The van der Waals surface area contributed by atoms with Crippen LogP contribution in [0.1, 0.15) is 51.6 Å². The summed E-state index contributed by atoms with van der Waals surface area (Å²) < 4.78 is 14.1. The summed E-state index contributed by atoms with van der Waals surface area (Å²) in [6.45, 7) is 6.41. The smallest absolute Gasteiger partial charge is 0.128 e. The Morgan fingerprint density at radius 2 is 2.05 bits per heavy atom.